The van der Waals surface area contributed by atoms with Gasteiger partial charge in [0.25, 0.3) is 0 Å². The molecule has 0 unspecified atom stereocenters. The molecule has 0 aliphatic rings. The highest BCUT2D eigenvalue weighted by Crippen LogP contribution is 2.25. The molecule has 0 spiro atoms. The van der Waals surface area contributed by atoms with E-state index in [0.29, 0.717) is 0 Å². The van der Waals surface area contributed by atoms with Crippen LogP contribution in [0.2, 0.25) is 0 Å². The molecule has 0 radical (unpaired) electrons. The number of aromatic nitrogens is 5. The molecule has 0 bridgehead atoms. The van der Waals surface area contributed by atoms with Crippen molar-refractivity contribution in [2.75, 3.05) is 5.32 Å². The number of H-pyrrole nitrogens is 1. The number of hydrogen-bond acceptors (Lipinski definition) is 4. The molecule has 0 saturated carbocycles. The molecule has 132 valence electrons. The summed E-state index contributed by atoms with van der Waals surface area (Å²) in [5, 5.41) is 17.7. The van der Waals surface area contributed by atoms with Crippen molar-refractivity contribution in [3.8, 4) is 0 Å². The van der Waals surface area contributed by atoms with Gasteiger partial charge in [0, 0.05) is 53.7 Å². The van der Waals surface area contributed by atoms with E-state index in [0.717, 1.165) is 45.3 Å². The second-order valence-electron chi connectivity index (χ2n) is 6.63. The molecular weight excluding hydrogens is 336 g/mol. The number of pyridine rings is 1. The summed E-state index contributed by atoms with van der Waals surface area (Å²) in [6, 6.07) is 16.6. The molecule has 0 fully saturated rings. The predicted molar refractivity (Wildman–Crippen MR) is 107 cm³/mol. The average Bonchev–Trinajstić information content (AvgIpc) is 3.26. The zero-order chi connectivity index (χ0) is 18.2. The highest BCUT2D eigenvalue weighted by atomic mass is 15.2. The largest absolute Gasteiger partial charge is 0.355 e. The zero-order valence-corrected chi connectivity index (χ0v) is 14.8. The standard InChI is InChI=1S/C21H18N6/c1-27-21-5-2-14(10-15(21)13-23-27)11-20-18-12-17(3-4-19(18)25-26-20)24-16-6-8-22-9-7-16/h2-10,12-13H,11H2,1H3,(H,22,24)(H,25,26). The van der Waals surface area contributed by atoms with Gasteiger partial charge in [-0.15, -0.1) is 0 Å². The minimum atomic E-state index is 0.792. The lowest BCUT2D eigenvalue weighted by atomic mass is 10.0. The van der Waals surface area contributed by atoms with Crippen molar-refractivity contribution in [1.82, 2.24) is 25.0 Å². The molecule has 0 saturated heterocycles. The number of aryl methyl sites for hydroxylation is 1. The number of nitrogens with one attached hydrogen (secondary N) is 2. The second kappa shape index (κ2) is 6.25. The van der Waals surface area contributed by atoms with Gasteiger partial charge >= 0.3 is 0 Å². The first-order valence-electron chi connectivity index (χ1n) is 8.81. The second-order valence-corrected chi connectivity index (χ2v) is 6.63. The number of fused-ring (bicyclic) bond motifs is 2. The predicted octanol–water partition coefficient (Wildman–Crippen LogP) is 4.18. The van der Waals surface area contributed by atoms with E-state index in [1.165, 1.54) is 5.56 Å². The van der Waals surface area contributed by atoms with Crippen LogP contribution >= 0.6 is 0 Å². The third-order valence-electron chi connectivity index (χ3n) is 4.79. The van der Waals surface area contributed by atoms with Crippen LogP contribution in [0.25, 0.3) is 21.8 Å². The molecule has 0 aliphatic carbocycles. The summed E-state index contributed by atoms with van der Waals surface area (Å²) in [6.45, 7) is 0. The Kier molecular flexibility index (Phi) is 3.60. The van der Waals surface area contributed by atoms with Crippen molar-refractivity contribution in [3.05, 3.63) is 78.4 Å². The van der Waals surface area contributed by atoms with Crippen LogP contribution in [0.15, 0.2) is 67.1 Å². The molecule has 0 amide bonds. The fourth-order valence-corrected chi connectivity index (χ4v) is 3.40. The molecule has 5 rings (SSSR count). The van der Waals surface area contributed by atoms with E-state index in [1.54, 1.807) is 12.4 Å². The maximum atomic E-state index is 4.45. The van der Waals surface area contributed by atoms with Gasteiger partial charge in [-0.25, -0.2) is 0 Å². The van der Waals surface area contributed by atoms with Crippen LogP contribution in [0.5, 0.6) is 0 Å². The SMILES string of the molecule is Cn1ncc2cc(Cc3[nH]nc4ccc(Nc5ccncc5)cc34)ccc21. The summed E-state index contributed by atoms with van der Waals surface area (Å²) >= 11 is 0. The van der Waals surface area contributed by atoms with Gasteiger partial charge in [-0.2, -0.15) is 10.2 Å². The van der Waals surface area contributed by atoms with Gasteiger partial charge in [-0.1, -0.05) is 6.07 Å². The van der Waals surface area contributed by atoms with E-state index in [9.17, 15) is 0 Å². The van der Waals surface area contributed by atoms with Crippen molar-refractivity contribution in [1.29, 1.82) is 0 Å². The van der Waals surface area contributed by atoms with Gasteiger partial charge < -0.3 is 5.32 Å². The quantitative estimate of drug-likeness (QED) is 0.508. The van der Waals surface area contributed by atoms with Crippen LogP contribution in [-0.4, -0.2) is 25.0 Å². The molecule has 27 heavy (non-hydrogen) atoms. The molecule has 3 heterocycles. The number of benzene rings is 2. The fraction of sp³-hybridized carbons (Fsp3) is 0.0952. The molecular formula is C21H18N6. The van der Waals surface area contributed by atoms with Gasteiger partial charge in [0.1, 0.15) is 0 Å². The smallest absolute Gasteiger partial charge is 0.0925 e. The molecule has 6 heteroatoms. The first kappa shape index (κ1) is 15.6. The van der Waals surface area contributed by atoms with Crippen molar-refractivity contribution in [2.45, 2.75) is 6.42 Å². The van der Waals surface area contributed by atoms with Crippen LogP contribution in [0.3, 0.4) is 0 Å². The van der Waals surface area contributed by atoms with E-state index < -0.39 is 0 Å². The lowest BCUT2D eigenvalue weighted by Gasteiger charge is -2.06. The van der Waals surface area contributed by atoms with Crippen molar-refractivity contribution in [3.63, 3.8) is 0 Å². The summed E-state index contributed by atoms with van der Waals surface area (Å²) < 4.78 is 1.89. The minimum absolute atomic E-state index is 0.792. The monoisotopic (exact) mass is 354 g/mol. The van der Waals surface area contributed by atoms with E-state index in [-0.39, 0.29) is 0 Å². The van der Waals surface area contributed by atoms with E-state index in [2.05, 4.69) is 49.9 Å². The summed E-state index contributed by atoms with van der Waals surface area (Å²) in [5.41, 5.74) is 6.47. The Morgan fingerprint density at radius 3 is 2.78 bits per heavy atom. The fourth-order valence-electron chi connectivity index (χ4n) is 3.40. The number of anilines is 2. The van der Waals surface area contributed by atoms with Crippen LogP contribution in [0.1, 0.15) is 11.3 Å². The Labute approximate surface area is 155 Å². The zero-order valence-electron chi connectivity index (χ0n) is 14.8. The molecule has 6 nitrogen and oxygen atoms in total. The maximum Gasteiger partial charge on any atom is 0.0925 e. The maximum absolute atomic E-state index is 4.45. The third-order valence-corrected chi connectivity index (χ3v) is 4.79. The number of aromatic amines is 1. The number of rotatable bonds is 4. The van der Waals surface area contributed by atoms with Crippen LogP contribution in [-0.2, 0) is 13.5 Å². The molecule has 3 aromatic heterocycles. The Morgan fingerprint density at radius 2 is 1.89 bits per heavy atom. The minimum Gasteiger partial charge on any atom is -0.355 e. The number of hydrogen-bond donors (Lipinski definition) is 2. The van der Waals surface area contributed by atoms with Gasteiger partial charge in [-0.3, -0.25) is 14.8 Å². The average molecular weight is 354 g/mol. The summed E-state index contributed by atoms with van der Waals surface area (Å²) in [5.74, 6) is 0. The van der Waals surface area contributed by atoms with Crippen LogP contribution in [0, 0.1) is 0 Å². The Bertz CT molecular complexity index is 1240. The first-order chi connectivity index (χ1) is 13.3. The van der Waals surface area contributed by atoms with E-state index in [4.69, 9.17) is 0 Å². The molecule has 0 atom stereocenters. The summed E-state index contributed by atoms with van der Waals surface area (Å²) in [4.78, 5) is 4.05. The van der Waals surface area contributed by atoms with Crippen molar-refractivity contribution < 1.29 is 0 Å². The topological polar surface area (TPSA) is 71.4 Å². The normalized spacial score (nSPS) is 11.3. The third kappa shape index (κ3) is 2.91. The van der Waals surface area contributed by atoms with Gasteiger partial charge in [0.2, 0.25) is 0 Å². The molecule has 0 aliphatic heterocycles. The van der Waals surface area contributed by atoms with Gasteiger partial charge in [0.15, 0.2) is 0 Å². The van der Waals surface area contributed by atoms with E-state index in [1.807, 2.05) is 42.2 Å². The first-order valence-corrected chi connectivity index (χ1v) is 8.81. The van der Waals surface area contributed by atoms with E-state index >= 15 is 0 Å². The Morgan fingerprint density at radius 1 is 1.00 bits per heavy atom. The lowest BCUT2D eigenvalue weighted by Crippen LogP contribution is -1.92. The van der Waals surface area contributed by atoms with Crippen LogP contribution in [0.4, 0.5) is 11.4 Å². The molecule has 5 aromatic rings. The summed E-state index contributed by atoms with van der Waals surface area (Å²) in [6.07, 6.45) is 6.25. The number of nitrogens with zero attached hydrogens (tertiary/aromatic N) is 4. The van der Waals surface area contributed by atoms with Crippen molar-refractivity contribution >= 4 is 33.2 Å². The molecule has 2 N–H and O–H groups in total. The highest BCUT2D eigenvalue weighted by Gasteiger charge is 2.09. The summed E-state index contributed by atoms with van der Waals surface area (Å²) in [7, 11) is 1.96. The highest BCUT2D eigenvalue weighted by molar-refractivity contribution is 5.86. The van der Waals surface area contributed by atoms with Gasteiger partial charge in [0.05, 0.1) is 17.2 Å². The van der Waals surface area contributed by atoms with Crippen LogP contribution < -0.4 is 5.32 Å². The van der Waals surface area contributed by atoms with Gasteiger partial charge in [-0.05, 0) is 48.0 Å². The Balaban J connectivity index is 1.47. The Hall–Kier alpha value is -3.67. The lowest BCUT2D eigenvalue weighted by molar-refractivity contribution is 0.797. The van der Waals surface area contributed by atoms with Crippen molar-refractivity contribution in [2.24, 2.45) is 7.05 Å². The molecule has 2 aromatic carbocycles.